The lowest BCUT2D eigenvalue weighted by molar-refractivity contribution is -0.0505. The SMILES string of the molecule is CC.CCCC(CCC(C)CC)COC1c2[nH]c3ncc(C)cc3c2C(c2cccc(SCC)c2)=CN1C. The van der Waals surface area contributed by atoms with Crippen molar-refractivity contribution < 1.29 is 4.74 Å². The topological polar surface area (TPSA) is 41.1 Å². The third-order valence-corrected chi connectivity index (χ3v) is 8.32. The number of fused-ring (bicyclic) bond motifs is 3. The zero-order valence-corrected chi connectivity index (χ0v) is 25.8. The van der Waals surface area contributed by atoms with Crippen LogP contribution in [0, 0.1) is 18.8 Å². The molecule has 5 heteroatoms. The second-order valence-corrected chi connectivity index (χ2v) is 11.8. The molecule has 1 aliphatic rings. The number of hydrogen-bond donors (Lipinski definition) is 1. The number of rotatable bonds is 12. The summed E-state index contributed by atoms with van der Waals surface area (Å²) in [5.74, 6) is 2.44. The average molecular weight is 536 g/mol. The van der Waals surface area contributed by atoms with Crippen molar-refractivity contribution in [2.75, 3.05) is 19.4 Å². The normalized spacial score (nSPS) is 16.5. The summed E-state index contributed by atoms with van der Waals surface area (Å²) in [5.41, 5.74) is 6.92. The second-order valence-electron chi connectivity index (χ2n) is 10.4. The van der Waals surface area contributed by atoms with E-state index in [-0.39, 0.29) is 6.23 Å². The van der Waals surface area contributed by atoms with Crippen LogP contribution >= 0.6 is 11.8 Å². The van der Waals surface area contributed by atoms with E-state index in [1.54, 1.807) is 0 Å². The molecule has 38 heavy (non-hydrogen) atoms. The van der Waals surface area contributed by atoms with Crippen molar-refractivity contribution in [2.45, 2.75) is 91.7 Å². The van der Waals surface area contributed by atoms with Gasteiger partial charge in [0, 0.05) is 40.9 Å². The van der Waals surface area contributed by atoms with Gasteiger partial charge in [-0.15, -0.1) is 11.8 Å². The lowest BCUT2D eigenvalue weighted by atomic mass is 9.92. The number of nitrogens with one attached hydrogen (secondary N) is 1. The third kappa shape index (κ3) is 7.24. The van der Waals surface area contributed by atoms with Gasteiger partial charge in [-0.3, -0.25) is 0 Å². The van der Waals surface area contributed by atoms with Crippen molar-refractivity contribution in [1.29, 1.82) is 0 Å². The Morgan fingerprint density at radius 2 is 1.89 bits per heavy atom. The van der Waals surface area contributed by atoms with Crippen LogP contribution in [0.1, 0.15) is 102 Å². The smallest absolute Gasteiger partial charge is 0.171 e. The fourth-order valence-electron chi connectivity index (χ4n) is 5.22. The van der Waals surface area contributed by atoms with Crippen LogP contribution < -0.4 is 0 Å². The molecule has 1 aromatic carbocycles. The molecule has 0 saturated carbocycles. The Morgan fingerprint density at radius 3 is 2.61 bits per heavy atom. The standard InChI is InChI=1S/C31H43N3OS.C2H6/c1-7-11-23(15-14-21(4)8-2)20-35-31-29-28(26-16-22(5)18-32-30(26)33-29)27(19-34(31)6)24-12-10-13-25(17-24)36-9-3;1-2/h10,12-13,16-19,21,23,31H,7-9,11,14-15,20H2,1-6H3,(H,32,33);1-2H3. The molecule has 3 atom stereocenters. The van der Waals surface area contributed by atoms with Crippen LogP contribution in [0.2, 0.25) is 0 Å². The summed E-state index contributed by atoms with van der Waals surface area (Å²) in [4.78, 5) is 11.9. The first-order valence-corrected chi connectivity index (χ1v) is 15.7. The van der Waals surface area contributed by atoms with Crippen LogP contribution in [0.4, 0.5) is 0 Å². The van der Waals surface area contributed by atoms with Gasteiger partial charge in [0.2, 0.25) is 0 Å². The molecule has 4 rings (SSSR count). The first-order valence-electron chi connectivity index (χ1n) is 14.7. The van der Waals surface area contributed by atoms with Crippen LogP contribution in [0.15, 0.2) is 47.6 Å². The first-order chi connectivity index (χ1) is 18.4. The van der Waals surface area contributed by atoms with Gasteiger partial charge in [0.05, 0.1) is 12.3 Å². The zero-order valence-electron chi connectivity index (χ0n) is 24.9. The Bertz CT molecular complexity index is 1180. The average Bonchev–Trinajstić information content (AvgIpc) is 3.30. The highest BCUT2D eigenvalue weighted by Gasteiger charge is 2.31. The number of benzene rings is 1. The highest BCUT2D eigenvalue weighted by atomic mass is 32.2. The van der Waals surface area contributed by atoms with E-state index < -0.39 is 0 Å². The van der Waals surface area contributed by atoms with Crippen LogP contribution in [-0.4, -0.2) is 34.3 Å². The molecule has 2 aromatic heterocycles. The maximum Gasteiger partial charge on any atom is 0.171 e. The maximum absolute atomic E-state index is 6.73. The fourth-order valence-corrected chi connectivity index (χ4v) is 5.94. The van der Waals surface area contributed by atoms with Gasteiger partial charge in [0.15, 0.2) is 6.23 Å². The molecule has 4 nitrogen and oxygen atoms in total. The predicted octanol–water partition coefficient (Wildman–Crippen LogP) is 9.60. The molecule has 0 bridgehead atoms. The largest absolute Gasteiger partial charge is 0.352 e. The molecule has 3 unspecified atom stereocenters. The zero-order chi connectivity index (χ0) is 27.7. The summed E-state index contributed by atoms with van der Waals surface area (Å²) in [6, 6.07) is 11.2. The Kier molecular flexibility index (Phi) is 11.8. The number of ether oxygens (including phenoxy) is 1. The molecule has 0 aliphatic carbocycles. The fraction of sp³-hybridized carbons (Fsp3) is 0.545. The molecule has 1 aliphatic heterocycles. The molecule has 3 heterocycles. The lowest BCUT2D eigenvalue weighted by Crippen LogP contribution is -2.28. The van der Waals surface area contributed by atoms with Gasteiger partial charge < -0.3 is 14.6 Å². The van der Waals surface area contributed by atoms with Gasteiger partial charge in [0.25, 0.3) is 0 Å². The van der Waals surface area contributed by atoms with E-state index in [1.165, 1.54) is 64.6 Å². The highest BCUT2D eigenvalue weighted by molar-refractivity contribution is 7.99. The number of nitrogens with zero attached hydrogens (tertiary/aromatic N) is 2. The van der Waals surface area contributed by atoms with Crippen LogP contribution in [0.3, 0.4) is 0 Å². The summed E-state index contributed by atoms with van der Waals surface area (Å²) in [5, 5.41) is 1.17. The van der Waals surface area contributed by atoms with Crippen molar-refractivity contribution in [3.63, 3.8) is 0 Å². The molecule has 0 amide bonds. The van der Waals surface area contributed by atoms with E-state index in [0.29, 0.717) is 5.92 Å². The summed E-state index contributed by atoms with van der Waals surface area (Å²) in [6.07, 6.45) is 10.3. The number of hydrogen-bond acceptors (Lipinski definition) is 4. The first kappa shape index (κ1) is 30.3. The van der Waals surface area contributed by atoms with E-state index in [2.05, 4.69) is 88.1 Å². The van der Waals surface area contributed by atoms with Gasteiger partial charge in [-0.05, 0) is 66.7 Å². The van der Waals surface area contributed by atoms with Crippen molar-refractivity contribution in [3.8, 4) is 0 Å². The van der Waals surface area contributed by atoms with Crippen molar-refractivity contribution in [1.82, 2.24) is 14.9 Å². The number of thioether (sulfide) groups is 1. The molecule has 208 valence electrons. The van der Waals surface area contributed by atoms with Crippen molar-refractivity contribution >= 4 is 28.4 Å². The molecule has 1 N–H and O–H groups in total. The van der Waals surface area contributed by atoms with E-state index in [9.17, 15) is 0 Å². The van der Waals surface area contributed by atoms with E-state index >= 15 is 0 Å². The van der Waals surface area contributed by atoms with Crippen molar-refractivity contribution in [2.24, 2.45) is 11.8 Å². The molecule has 0 radical (unpaired) electrons. The van der Waals surface area contributed by atoms with Gasteiger partial charge in [-0.25, -0.2) is 4.98 Å². The minimum Gasteiger partial charge on any atom is -0.352 e. The summed E-state index contributed by atoms with van der Waals surface area (Å²) >= 11 is 1.88. The minimum absolute atomic E-state index is 0.144. The minimum atomic E-state index is -0.144. The quantitative estimate of drug-likeness (QED) is 0.234. The van der Waals surface area contributed by atoms with Gasteiger partial charge in [0.1, 0.15) is 5.65 Å². The van der Waals surface area contributed by atoms with Crippen molar-refractivity contribution in [3.05, 3.63) is 65.1 Å². The number of H-pyrrole nitrogens is 1. The number of aromatic nitrogens is 2. The Morgan fingerprint density at radius 1 is 1.11 bits per heavy atom. The summed E-state index contributed by atoms with van der Waals surface area (Å²) in [7, 11) is 2.14. The van der Waals surface area contributed by atoms with Crippen LogP contribution in [0.5, 0.6) is 0 Å². The molecular formula is C33H49N3OS. The number of pyridine rings is 1. The predicted molar refractivity (Wildman–Crippen MR) is 166 cm³/mol. The Balaban J connectivity index is 0.00000195. The van der Waals surface area contributed by atoms with E-state index in [0.717, 1.165) is 29.6 Å². The molecule has 0 fully saturated rings. The third-order valence-electron chi connectivity index (χ3n) is 7.44. The van der Waals surface area contributed by atoms with Gasteiger partial charge >= 0.3 is 0 Å². The van der Waals surface area contributed by atoms with Crippen LogP contribution in [0.25, 0.3) is 16.6 Å². The number of aryl methyl sites for hydroxylation is 1. The highest BCUT2D eigenvalue weighted by Crippen LogP contribution is 2.42. The summed E-state index contributed by atoms with van der Waals surface area (Å²) in [6.45, 7) is 16.0. The summed E-state index contributed by atoms with van der Waals surface area (Å²) < 4.78 is 6.73. The van der Waals surface area contributed by atoms with E-state index in [4.69, 9.17) is 9.72 Å². The monoisotopic (exact) mass is 535 g/mol. The van der Waals surface area contributed by atoms with E-state index in [1.807, 2.05) is 31.8 Å². The Labute approximate surface area is 235 Å². The maximum atomic E-state index is 6.73. The molecule has 0 spiro atoms. The lowest BCUT2D eigenvalue weighted by Gasteiger charge is -2.34. The van der Waals surface area contributed by atoms with Gasteiger partial charge in [-0.2, -0.15) is 0 Å². The number of aromatic amines is 1. The second kappa shape index (κ2) is 14.8. The molecular weight excluding hydrogens is 486 g/mol. The molecule has 3 aromatic rings. The van der Waals surface area contributed by atoms with Crippen LogP contribution in [-0.2, 0) is 4.74 Å². The Hall–Kier alpha value is -2.24. The van der Waals surface area contributed by atoms with Gasteiger partial charge in [-0.1, -0.05) is 72.9 Å². The molecule has 0 saturated heterocycles.